The fourth-order valence-corrected chi connectivity index (χ4v) is 2.02. The highest BCUT2D eigenvalue weighted by Crippen LogP contribution is 2.44. The topological polar surface area (TPSA) is 9.23 Å². The third kappa shape index (κ3) is 2.29. The number of allylic oxidation sites excluding steroid dienone is 1. The van der Waals surface area contributed by atoms with Gasteiger partial charge in [-0.2, -0.15) is 0 Å². The molecule has 0 spiro atoms. The van der Waals surface area contributed by atoms with Crippen LogP contribution in [0.2, 0.25) is 0 Å². The van der Waals surface area contributed by atoms with E-state index in [4.69, 9.17) is 4.74 Å². The van der Waals surface area contributed by atoms with Crippen LogP contribution in [-0.4, -0.2) is 6.61 Å². The fourth-order valence-electron chi connectivity index (χ4n) is 2.02. The van der Waals surface area contributed by atoms with E-state index in [9.17, 15) is 0 Å². The third-order valence-electron chi connectivity index (χ3n) is 3.07. The van der Waals surface area contributed by atoms with Crippen molar-refractivity contribution in [3.63, 3.8) is 0 Å². The molecular formula is C15H19O. The second kappa shape index (κ2) is 4.73. The molecule has 1 aliphatic rings. The molecule has 1 aromatic carbocycles. The van der Waals surface area contributed by atoms with E-state index in [0.717, 1.165) is 11.7 Å². The van der Waals surface area contributed by atoms with Gasteiger partial charge in [0, 0.05) is 5.92 Å². The Morgan fingerprint density at radius 1 is 1.50 bits per heavy atom. The summed E-state index contributed by atoms with van der Waals surface area (Å²) in [6.45, 7) is 10.7. The van der Waals surface area contributed by atoms with Gasteiger partial charge in [0.15, 0.2) is 0 Å². The lowest BCUT2D eigenvalue weighted by Crippen LogP contribution is -1.99. The lowest BCUT2D eigenvalue weighted by atomic mass is 9.93. The monoisotopic (exact) mass is 215 g/mol. The zero-order chi connectivity index (χ0) is 11.5. The first-order valence-electron chi connectivity index (χ1n) is 5.98. The Balaban J connectivity index is 2.33. The SMILES string of the molecule is [CH2]C(C=C)c1cc(OCC)ccc1C1CC1. The van der Waals surface area contributed by atoms with Crippen LogP contribution >= 0.6 is 0 Å². The second-order valence-electron chi connectivity index (χ2n) is 4.34. The van der Waals surface area contributed by atoms with Crippen molar-refractivity contribution in [1.82, 2.24) is 0 Å². The summed E-state index contributed by atoms with van der Waals surface area (Å²) in [7, 11) is 0. The van der Waals surface area contributed by atoms with Crippen molar-refractivity contribution < 1.29 is 4.74 Å². The fraction of sp³-hybridized carbons (Fsp3) is 0.400. The molecule has 2 rings (SSSR count). The minimum atomic E-state index is 0.163. The van der Waals surface area contributed by atoms with Crippen molar-refractivity contribution in [1.29, 1.82) is 0 Å². The van der Waals surface area contributed by atoms with Gasteiger partial charge in [-0.15, -0.1) is 6.58 Å². The predicted molar refractivity (Wildman–Crippen MR) is 67.9 cm³/mol. The smallest absolute Gasteiger partial charge is 0.119 e. The van der Waals surface area contributed by atoms with E-state index in [-0.39, 0.29) is 5.92 Å². The molecular weight excluding hydrogens is 196 g/mol. The van der Waals surface area contributed by atoms with Crippen LogP contribution in [-0.2, 0) is 0 Å². The van der Waals surface area contributed by atoms with Gasteiger partial charge in [-0.3, -0.25) is 0 Å². The van der Waals surface area contributed by atoms with Crippen LogP contribution in [0.15, 0.2) is 30.9 Å². The van der Waals surface area contributed by atoms with Crippen LogP contribution in [0, 0.1) is 6.92 Å². The Morgan fingerprint density at radius 3 is 2.81 bits per heavy atom. The van der Waals surface area contributed by atoms with Gasteiger partial charge in [0.05, 0.1) is 6.61 Å². The van der Waals surface area contributed by atoms with Gasteiger partial charge in [0.25, 0.3) is 0 Å². The molecule has 85 valence electrons. The molecule has 0 bridgehead atoms. The summed E-state index contributed by atoms with van der Waals surface area (Å²) in [5.41, 5.74) is 2.71. The standard InChI is InChI=1S/C15H19O/c1-4-11(3)15-10-13(16-5-2)8-9-14(15)12-6-7-12/h4,8-12H,1,3,5-7H2,2H3. The highest BCUT2D eigenvalue weighted by molar-refractivity contribution is 5.43. The Hall–Kier alpha value is -1.24. The van der Waals surface area contributed by atoms with Gasteiger partial charge >= 0.3 is 0 Å². The van der Waals surface area contributed by atoms with Crippen molar-refractivity contribution in [3.05, 3.63) is 48.9 Å². The Morgan fingerprint density at radius 2 is 2.25 bits per heavy atom. The van der Waals surface area contributed by atoms with Crippen molar-refractivity contribution >= 4 is 0 Å². The summed E-state index contributed by atoms with van der Waals surface area (Å²) in [5, 5.41) is 0. The summed E-state index contributed by atoms with van der Waals surface area (Å²) in [4.78, 5) is 0. The molecule has 1 unspecified atom stereocenters. The van der Waals surface area contributed by atoms with E-state index >= 15 is 0 Å². The molecule has 0 aliphatic heterocycles. The van der Waals surface area contributed by atoms with Crippen LogP contribution < -0.4 is 4.74 Å². The predicted octanol–water partition coefficient (Wildman–Crippen LogP) is 4.07. The van der Waals surface area contributed by atoms with Crippen LogP contribution in [0.25, 0.3) is 0 Å². The van der Waals surface area contributed by atoms with E-state index in [2.05, 4.69) is 31.7 Å². The third-order valence-corrected chi connectivity index (χ3v) is 3.07. The van der Waals surface area contributed by atoms with Gasteiger partial charge in [0.2, 0.25) is 0 Å². The molecule has 1 heteroatoms. The maximum atomic E-state index is 5.53. The average molecular weight is 215 g/mol. The maximum Gasteiger partial charge on any atom is 0.119 e. The molecule has 16 heavy (non-hydrogen) atoms. The first-order chi connectivity index (χ1) is 7.76. The largest absolute Gasteiger partial charge is 0.494 e. The molecule has 1 radical (unpaired) electrons. The number of benzene rings is 1. The summed E-state index contributed by atoms with van der Waals surface area (Å²) < 4.78 is 5.53. The van der Waals surface area contributed by atoms with Gasteiger partial charge in [-0.25, -0.2) is 0 Å². The van der Waals surface area contributed by atoms with Gasteiger partial charge < -0.3 is 4.74 Å². The van der Waals surface area contributed by atoms with Crippen molar-refractivity contribution in [2.45, 2.75) is 31.6 Å². The van der Waals surface area contributed by atoms with Crippen molar-refractivity contribution in [3.8, 4) is 5.75 Å². The highest BCUT2D eigenvalue weighted by atomic mass is 16.5. The Bertz CT molecular complexity index is 377. The molecule has 1 aromatic rings. The first kappa shape index (κ1) is 11.3. The maximum absolute atomic E-state index is 5.53. The molecule has 1 fully saturated rings. The van der Waals surface area contributed by atoms with Gasteiger partial charge in [0.1, 0.15) is 5.75 Å². The molecule has 0 saturated heterocycles. The normalized spacial score (nSPS) is 16.9. The molecule has 0 heterocycles. The number of rotatable bonds is 5. The Labute approximate surface area is 98.1 Å². The Kier molecular flexibility index (Phi) is 3.33. The van der Waals surface area contributed by atoms with Crippen molar-refractivity contribution in [2.75, 3.05) is 6.61 Å². The van der Waals surface area contributed by atoms with Crippen LogP contribution in [0.4, 0.5) is 0 Å². The highest BCUT2D eigenvalue weighted by Gasteiger charge is 2.27. The van der Waals surface area contributed by atoms with Crippen LogP contribution in [0.5, 0.6) is 5.75 Å². The molecule has 1 aliphatic carbocycles. The summed E-state index contributed by atoms with van der Waals surface area (Å²) in [6, 6.07) is 6.38. The van der Waals surface area contributed by atoms with Crippen LogP contribution in [0.1, 0.15) is 42.7 Å². The van der Waals surface area contributed by atoms with E-state index in [1.54, 1.807) is 0 Å². The lowest BCUT2D eigenvalue weighted by Gasteiger charge is -2.15. The zero-order valence-corrected chi connectivity index (χ0v) is 9.91. The first-order valence-corrected chi connectivity index (χ1v) is 5.98. The molecule has 0 amide bonds. The summed E-state index contributed by atoms with van der Waals surface area (Å²) in [6.07, 6.45) is 4.52. The van der Waals surface area contributed by atoms with E-state index in [1.807, 2.05) is 13.0 Å². The molecule has 1 nitrogen and oxygen atoms in total. The van der Waals surface area contributed by atoms with Crippen molar-refractivity contribution in [2.24, 2.45) is 0 Å². The summed E-state index contributed by atoms with van der Waals surface area (Å²) >= 11 is 0. The van der Waals surface area contributed by atoms with Crippen LogP contribution in [0.3, 0.4) is 0 Å². The van der Waals surface area contributed by atoms with Gasteiger partial charge in [-0.1, -0.05) is 12.1 Å². The zero-order valence-electron chi connectivity index (χ0n) is 9.91. The average Bonchev–Trinajstić information content (AvgIpc) is 3.12. The second-order valence-corrected chi connectivity index (χ2v) is 4.34. The molecule has 0 aromatic heterocycles. The van der Waals surface area contributed by atoms with E-state index in [0.29, 0.717) is 6.61 Å². The quantitative estimate of drug-likeness (QED) is 0.673. The van der Waals surface area contributed by atoms with E-state index < -0.39 is 0 Å². The van der Waals surface area contributed by atoms with E-state index in [1.165, 1.54) is 24.0 Å². The molecule has 1 saturated carbocycles. The molecule has 0 N–H and O–H groups in total. The lowest BCUT2D eigenvalue weighted by molar-refractivity contribution is 0.340. The minimum Gasteiger partial charge on any atom is -0.494 e. The summed E-state index contributed by atoms with van der Waals surface area (Å²) in [5.74, 6) is 1.85. The number of hydrogen-bond donors (Lipinski definition) is 0. The van der Waals surface area contributed by atoms with Gasteiger partial charge in [-0.05, 0) is 55.9 Å². The minimum absolute atomic E-state index is 0.163. The molecule has 1 atom stereocenters. The number of hydrogen-bond acceptors (Lipinski definition) is 1. The number of ether oxygens (including phenoxy) is 1.